The van der Waals surface area contributed by atoms with Gasteiger partial charge < -0.3 is 15.4 Å². The molecular weight excluding hydrogens is 316 g/mol. The van der Waals surface area contributed by atoms with Crippen molar-refractivity contribution in [1.82, 2.24) is 10.6 Å². The van der Waals surface area contributed by atoms with Crippen molar-refractivity contribution in [3.63, 3.8) is 0 Å². The van der Waals surface area contributed by atoms with Crippen molar-refractivity contribution < 1.29 is 17.9 Å². The van der Waals surface area contributed by atoms with Gasteiger partial charge in [0.1, 0.15) is 5.60 Å². The fraction of sp³-hybridized carbons (Fsp3) is 0.938. The van der Waals surface area contributed by atoms with Crippen LogP contribution in [-0.2, 0) is 14.6 Å². The van der Waals surface area contributed by atoms with Gasteiger partial charge in [-0.1, -0.05) is 6.42 Å². The van der Waals surface area contributed by atoms with Crippen LogP contribution in [0.4, 0.5) is 4.79 Å². The van der Waals surface area contributed by atoms with Gasteiger partial charge in [-0.3, -0.25) is 0 Å². The highest BCUT2D eigenvalue weighted by atomic mass is 32.2. The van der Waals surface area contributed by atoms with Gasteiger partial charge in [-0.05, 0) is 52.4 Å². The fourth-order valence-corrected chi connectivity index (χ4v) is 5.23. The van der Waals surface area contributed by atoms with Gasteiger partial charge in [-0.15, -0.1) is 0 Å². The Labute approximate surface area is 139 Å². The van der Waals surface area contributed by atoms with Gasteiger partial charge in [0.05, 0.1) is 11.0 Å². The van der Waals surface area contributed by atoms with Crippen LogP contribution in [0, 0.1) is 5.92 Å². The Morgan fingerprint density at radius 2 is 1.87 bits per heavy atom. The van der Waals surface area contributed by atoms with E-state index in [1.54, 1.807) is 0 Å². The van der Waals surface area contributed by atoms with Gasteiger partial charge in [0, 0.05) is 19.1 Å². The third-order valence-corrected chi connectivity index (χ3v) is 6.91. The first-order valence-electron chi connectivity index (χ1n) is 8.59. The second-order valence-electron chi connectivity index (χ2n) is 7.72. The zero-order chi connectivity index (χ0) is 17.1. The molecule has 1 amide bonds. The van der Waals surface area contributed by atoms with Crippen molar-refractivity contribution in [3.05, 3.63) is 0 Å². The molecule has 1 saturated heterocycles. The number of alkyl carbamates (subject to hydrolysis) is 1. The van der Waals surface area contributed by atoms with E-state index in [2.05, 4.69) is 10.6 Å². The van der Waals surface area contributed by atoms with Crippen molar-refractivity contribution in [3.8, 4) is 0 Å². The summed E-state index contributed by atoms with van der Waals surface area (Å²) in [6, 6.07) is 0.278. The fourth-order valence-electron chi connectivity index (χ4n) is 3.45. The van der Waals surface area contributed by atoms with Crippen LogP contribution in [0.15, 0.2) is 0 Å². The molecule has 0 radical (unpaired) electrons. The molecule has 0 spiro atoms. The van der Waals surface area contributed by atoms with Crippen molar-refractivity contribution in [2.24, 2.45) is 5.92 Å². The minimum Gasteiger partial charge on any atom is -0.444 e. The summed E-state index contributed by atoms with van der Waals surface area (Å²) in [5, 5.41) is 6.03. The summed E-state index contributed by atoms with van der Waals surface area (Å²) >= 11 is 0. The molecule has 6 nitrogen and oxygen atoms in total. The number of hydrogen-bond acceptors (Lipinski definition) is 5. The molecule has 0 aromatic heterocycles. The first-order valence-corrected chi connectivity index (χ1v) is 10.3. The number of nitrogens with one attached hydrogen (secondary N) is 2. The highest BCUT2D eigenvalue weighted by molar-refractivity contribution is 7.92. The number of rotatable bonds is 5. The Bertz CT molecular complexity index is 513. The Morgan fingerprint density at radius 3 is 2.48 bits per heavy atom. The average Bonchev–Trinajstić information content (AvgIpc) is 2.98. The number of carbonyl (C=O) groups excluding carboxylic acids is 1. The molecule has 1 saturated carbocycles. The van der Waals surface area contributed by atoms with E-state index in [1.807, 2.05) is 20.8 Å². The van der Waals surface area contributed by atoms with Gasteiger partial charge in [-0.2, -0.15) is 0 Å². The highest BCUT2D eigenvalue weighted by Crippen LogP contribution is 2.26. The van der Waals surface area contributed by atoms with Crippen LogP contribution in [0.1, 0.15) is 52.9 Å². The molecule has 2 aliphatic rings. The summed E-state index contributed by atoms with van der Waals surface area (Å²) in [6.45, 7) is 6.64. The Morgan fingerprint density at radius 1 is 1.13 bits per heavy atom. The van der Waals surface area contributed by atoms with Crippen LogP contribution in [0.3, 0.4) is 0 Å². The molecule has 2 N–H and O–H groups in total. The maximum Gasteiger partial charge on any atom is 0.407 e. The lowest BCUT2D eigenvalue weighted by Gasteiger charge is -2.24. The standard InChI is InChI=1S/C16H30N2O4S/c1-16(2,3)22-15(19)18-10-12-6-4-8-14(12)17-11-13-7-5-9-23(13,20)21/h12-14,17H,4-11H2,1-3H3,(H,18,19). The Balaban J connectivity index is 1.76. The van der Waals surface area contributed by atoms with Crippen LogP contribution in [-0.4, -0.2) is 50.2 Å². The van der Waals surface area contributed by atoms with Crippen molar-refractivity contribution in [2.45, 2.75) is 69.8 Å². The van der Waals surface area contributed by atoms with E-state index >= 15 is 0 Å². The minimum atomic E-state index is -2.89. The van der Waals surface area contributed by atoms with Gasteiger partial charge in [0.2, 0.25) is 0 Å². The third-order valence-electron chi connectivity index (χ3n) is 4.64. The van der Waals surface area contributed by atoms with Crippen LogP contribution in [0.5, 0.6) is 0 Å². The maximum absolute atomic E-state index is 11.9. The number of hydrogen-bond donors (Lipinski definition) is 2. The molecule has 0 aromatic carbocycles. The van der Waals surface area contributed by atoms with Crippen LogP contribution < -0.4 is 10.6 Å². The molecule has 2 fully saturated rings. The van der Waals surface area contributed by atoms with Crippen LogP contribution >= 0.6 is 0 Å². The quantitative estimate of drug-likeness (QED) is 0.793. The second-order valence-corrected chi connectivity index (χ2v) is 10.1. The zero-order valence-electron chi connectivity index (χ0n) is 14.4. The zero-order valence-corrected chi connectivity index (χ0v) is 15.2. The lowest BCUT2D eigenvalue weighted by molar-refractivity contribution is 0.0517. The number of sulfone groups is 1. The third kappa shape index (κ3) is 5.64. The van der Waals surface area contributed by atoms with E-state index in [9.17, 15) is 13.2 Å². The second kappa shape index (κ2) is 7.38. The van der Waals surface area contributed by atoms with E-state index in [-0.39, 0.29) is 17.4 Å². The van der Waals surface area contributed by atoms with E-state index in [1.165, 1.54) is 0 Å². The molecule has 23 heavy (non-hydrogen) atoms. The molecule has 3 atom stereocenters. The van der Waals surface area contributed by atoms with Gasteiger partial charge in [0.15, 0.2) is 9.84 Å². The topological polar surface area (TPSA) is 84.5 Å². The maximum atomic E-state index is 11.9. The first kappa shape index (κ1) is 18.5. The smallest absolute Gasteiger partial charge is 0.407 e. The predicted molar refractivity (Wildman–Crippen MR) is 90.2 cm³/mol. The average molecular weight is 346 g/mol. The normalized spacial score (nSPS) is 30.3. The largest absolute Gasteiger partial charge is 0.444 e. The molecule has 1 aliphatic heterocycles. The predicted octanol–water partition coefficient (Wildman–Crippen LogP) is 1.85. The Hall–Kier alpha value is -0.820. The van der Waals surface area contributed by atoms with E-state index < -0.39 is 15.4 Å². The first-order chi connectivity index (χ1) is 10.7. The molecular formula is C16H30N2O4S. The summed E-state index contributed by atoms with van der Waals surface area (Å²) < 4.78 is 29.0. The summed E-state index contributed by atoms with van der Waals surface area (Å²) in [5.41, 5.74) is -0.492. The van der Waals surface area contributed by atoms with Crippen molar-refractivity contribution >= 4 is 15.9 Å². The van der Waals surface area contributed by atoms with Gasteiger partial charge >= 0.3 is 6.09 Å². The summed E-state index contributed by atoms with van der Waals surface area (Å²) in [5.74, 6) is 0.666. The SMILES string of the molecule is CC(C)(C)OC(=O)NCC1CCCC1NCC1CCCS1(=O)=O. The summed E-state index contributed by atoms with van der Waals surface area (Å²) in [7, 11) is -2.89. The van der Waals surface area contributed by atoms with Gasteiger partial charge in [0.25, 0.3) is 0 Å². The summed E-state index contributed by atoms with van der Waals surface area (Å²) in [4.78, 5) is 11.7. The Kier molecular flexibility index (Phi) is 5.94. The molecule has 2 rings (SSSR count). The van der Waals surface area contributed by atoms with E-state index in [4.69, 9.17) is 4.74 Å². The lowest BCUT2D eigenvalue weighted by atomic mass is 10.0. The van der Waals surface area contributed by atoms with Crippen LogP contribution in [0.25, 0.3) is 0 Å². The lowest BCUT2D eigenvalue weighted by Crippen LogP contribution is -2.43. The van der Waals surface area contributed by atoms with Gasteiger partial charge in [-0.25, -0.2) is 13.2 Å². The van der Waals surface area contributed by atoms with E-state index in [0.717, 1.165) is 32.1 Å². The highest BCUT2D eigenvalue weighted by Gasteiger charge is 2.33. The molecule has 134 valence electrons. The minimum absolute atomic E-state index is 0.234. The molecule has 3 unspecified atom stereocenters. The molecule has 1 heterocycles. The van der Waals surface area contributed by atoms with Crippen molar-refractivity contribution in [1.29, 1.82) is 0 Å². The number of ether oxygens (including phenoxy) is 1. The van der Waals surface area contributed by atoms with E-state index in [0.29, 0.717) is 24.8 Å². The number of amides is 1. The monoisotopic (exact) mass is 346 g/mol. The molecule has 0 aromatic rings. The van der Waals surface area contributed by atoms with Crippen molar-refractivity contribution in [2.75, 3.05) is 18.8 Å². The van der Waals surface area contributed by atoms with Crippen LogP contribution in [0.2, 0.25) is 0 Å². The molecule has 0 bridgehead atoms. The molecule has 1 aliphatic carbocycles. The number of carbonyl (C=O) groups is 1. The molecule has 7 heteroatoms. The summed E-state index contributed by atoms with van der Waals surface area (Å²) in [6.07, 6.45) is 4.35.